The Balaban J connectivity index is 1.82. The average Bonchev–Trinajstić information content (AvgIpc) is 2.91. The Morgan fingerprint density at radius 1 is 1.33 bits per heavy atom. The van der Waals surface area contributed by atoms with Crippen molar-refractivity contribution in [2.24, 2.45) is 0 Å². The van der Waals surface area contributed by atoms with Crippen LogP contribution in [-0.2, 0) is 25.1 Å². The Hall–Kier alpha value is -1.11. The van der Waals surface area contributed by atoms with Gasteiger partial charge in [0.2, 0.25) is 5.91 Å². The van der Waals surface area contributed by atoms with Crippen molar-refractivity contribution in [3.05, 3.63) is 34.9 Å². The van der Waals surface area contributed by atoms with E-state index in [1.807, 2.05) is 0 Å². The number of carbonyl (C=O) groups is 1. The van der Waals surface area contributed by atoms with Crippen LogP contribution < -0.4 is 5.32 Å². The van der Waals surface area contributed by atoms with Gasteiger partial charge in [-0.2, -0.15) is 0 Å². The van der Waals surface area contributed by atoms with E-state index < -0.39 is 21.5 Å². The Bertz CT molecular complexity index is 579. The van der Waals surface area contributed by atoms with Gasteiger partial charge < -0.3 is 10.1 Å². The van der Waals surface area contributed by atoms with Gasteiger partial charge in [-0.25, -0.2) is 8.42 Å². The maximum Gasteiger partial charge on any atom is 0.235 e. The van der Waals surface area contributed by atoms with Crippen molar-refractivity contribution < 1.29 is 17.9 Å². The molecule has 5 nitrogen and oxygen atoms in total. The number of carbonyl (C=O) groups excluding carboxylic acids is 1. The van der Waals surface area contributed by atoms with Gasteiger partial charge in [0.15, 0.2) is 9.84 Å². The zero-order chi connectivity index (χ0) is 15.3. The van der Waals surface area contributed by atoms with Crippen molar-refractivity contribution in [2.75, 3.05) is 18.9 Å². The molecule has 0 saturated carbocycles. The van der Waals surface area contributed by atoms with Crippen LogP contribution in [0, 0.1) is 0 Å². The lowest BCUT2D eigenvalue weighted by atomic mass is 10.2. The second-order valence-electron chi connectivity index (χ2n) is 5.10. The molecule has 1 aromatic carbocycles. The van der Waals surface area contributed by atoms with Gasteiger partial charge >= 0.3 is 0 Å². The molecule has 2 rings (SSSR count). The molecule has 0 aliphatic carbocycles. The molecule has 7 heteroatoms. The molecule has 0 radical (unpaired) electrons. The number of ether oxygens (including phenoxy) is 1. The first kappa shape index (κ1) is 16.3. The van der Waals surface area contributed by atoms with E-state index in [4.69, 9.17) is 16.3 Å². The summed E-state index contributed by atoms with van der Waals surface area (Å²) in [5.74, 6) is -1.17. The minimum Gasteiger partial charge on any atom is -0.376 e. The molecule has 1 unspecified atom stereocenters. The van der Waals surface area contributed by atoms with Crippen molar-refractivity contribution in [3.8, 4) is 0 Å². The van der Waals surface area contributed by atoms with Crippen LogP contribution in [0.25, 0.3) is 0 Å². The second-order valence-corrected chi connectivity index (χ2v) is 7.60. The molecule has 1 aliphatic rings. The van der Waals surface area contributed by atoms with Crippen LogP contribution in [0.2, 0.25) is 5.02 Å². The molecule has 21 heavy (non-hydrogen) atoms. The van der Waals surface area contributed by atoms with Crippen LogP contribution in [0.4, 0.5) is 0 Å². The Kier molecular flexibility index (Phi) is 5.61. The molecule has 1 atom stereocenters. The fourth-order valence-electron chi connectivity index (χ4n) is 2.17. The number of rotatable bonds is 6. The fourth-order valence-corrected chi connectivity index (χ4v) is 3.60. The molecule has 0 bridgehead atoms. The highest BCUT2D eigenvalue weighted by Crippen LogP contribution is 2.13. The van der Waals surface area contributed by atoms with E-state index >= 15 is 0 Å². The zero-order valence-electron chi connectivity index (χ0n) is 11.5. The smallest absolute Gasteiger partial charge is 0.235 e. The van der Waals surface area contributed by atoms with Crippen LogP contribution in [0.5, 0.6) is 0 Å². The Morgan fingerprint density at radius 2 is 2.05 bits per heavy atom. The summed E-state index contributed by atoms with van der Waals surface area (Å²) < 4.78 is 29.3. The number of hydrogen-bond donors (Lipinski definition) is 1. The quantitative estimate of drug-likeness (QED) is 0.858. The molecule has 1 fully saturated rings. The lowest BCUT2D eigenvalue weighted by Gasteiger charge is -2.11. The van der Waals surface area contributed by atoms with Crippen LogP contribution in [-0.4, -0.2) is 39.3 Å². The van der Waals surface area contributed by atoms with Gasteiger partial charge in [0.1, 0.15) is 5.75 Å². The van der Waals surface area contributed by atoms with Gasteiger partial charge in [-0.1, -0.05) is 23.7 Å². The summed E-state index contributed by atoms with van der Waals surface area (Å²) in [4.78, 5) is 11.7. The van der Waals surface area contributed by atoms with Crippen molar-refractivity contribution in [1.29, 1.82) is 0 Å². The Labute approximate surface area is 129 Å². The highest BCUT2D eigenvalue weighted by molar-refractivity contribution is 7.91. The van der Waals surface area contributed by atoms with Gasteiger partial charge in [0.25, 0.3) is 0 Å². The van der Waals surface area contributed by atoms with E-state index in [9.17, 15) is 13.2 Å². The molecule has 1 amide bonds. The van der Waals surface area contributed by atoms with E-state index in [1.54, 1.807) is 24.3 Å². The standard InChI is InChI=1S/C14H18ClNO4S/c15-12-5-3-11(4-6-12)9-21(18,19)10-14(17)16-8-13-2-1-7-20-13/h3-6,13H,1-2,7-10H2,(H,16,17). The van der Waals surface area contributed by atoms with E-state index in [-0.39, 0.29) is 11.9 Å². The van der Waals surface area contributed by atoms with Gasteiger partial charge in [0, 0.05) is 18.2 Å². The number of halogens is 1. The van der Waals surface area contributed by atoms with Crippen molar-refractivity contribution in [2.45, 2.75) is 24.7 Å². The maximum absolute atomic E-state index is 12.0. The van der Waals surface area contributed by atoms with Gasteiger partial charge in [0.05, 0.1) is 11.9 Å². The summed E-state index contributed by atoms with van der Waals surface area (Å²) in [5.41, 5.74) is 0.617. The predicted octanol–water partition coefficient (Wildman–Crippen LogP) is 1.55. The summed E-state index contributed by atoms with van der Waals surface area (Å²) >= 11 is 5.75. The summed E-state index contributed by atoms with van der Waals surface area (Å²) in [5, 5.41) is 3.16. The summed E-state index contributed by atoms with van der Waals surface area (Å²) in [6.45, 7) is 1.07. The largest absolute Gasteiger partial charge is 0.376 e. The number of hydrogen-bond acceptors (Lipinski definition) is 4. The number of sulfone groups is 1. The zero-order valence-corrected chi connectivity index (χ0v) is 13.1. The number of benzene rings is 1. The SMILES string of the molecule is O=C(CS(=O)(=O)Cc1ccc(Cl)cc1)NCC1CCCO1. The second kappa shape index (κ2) is 7.24. The number of nitrogens with one attached hydrogen (secondary N) is 1. The summed E-state index contributed by atoms with van der Waals surface area (Å²) in [6, 6.07) is 6.54. The monoisotopic (exact) mass is 331 g/mol. The van der Waals surface area contributed by atoms with Crippen LogP contribution in [0.3, 0.4) is 0 Å². The van der Waals surface area contributed by atoms with Crippen LogP contribution in [0.1, 0.15) is 18.4 Å². The molecule has 1 aromatic rings. The van der Waals surface area contributed by atoms with Crippen molar-refractivity contribution in [3.63, 3.8) is 0 Å². The molecular weight excluding hydrogens is 314 g/mol. The van der Waals surface area contributed by atoms with E-state index in [1.165, 1.54) is 0 Å². The summed E-state index contributed by atoms with van der Waals surface area (Å²) in [7, 11) is -3.49. The van der Waals surface area contributed by atoms with E-state index in [0.29, 0.717) is 23.7 Å². The Morgan fingerprint density at radius 3 is 2.67 bits per heavy atom. The van der Waals surface area contributed by atoms with Crippen molar-refractivity contribution >= 4 is 27.3 Å². The maximum atomic E-state index is 12.0. The lowest BCUT2D eigenvalue weighted by molar-refractivity contribution is -0.119. The molecule has 116 valence electrons. The molecule has 1 heterocycles. The predicted molar refractivity (Wildman–Crippen MR) is 80.9 cm³/mol. The third kappa shape index (κ3) is 5.65. The third-order valence-electron chi connectivity index (χ3n) is 3.20. The first-order valence-corrected chi connectivity index (χ1v) is 8.98. The van der Waals surface area contributed by atoms with Gasteiger partial charge in [-0.05, 0) is 30.5 Å². The highest BCUT2D eigenvalue weighted by atomic mass is 35.5. The minimum absolute atomic E-state index is 0.00733. The first-order valence-electron chi connectivity index (χ1n) is 6.78. The number of amides is 1. The third-order valence-corrected chi connectivity index (χ3v) is 4.93. The van der Waals surface area contributed by atoms with Crippen LogP contribution in [0.15, 0.2) is 24.3 Å². The first-order chi connectivity index (χ1) is 9.94. The molecular formula is C14H18ClNO4S. The summed E-state index contributed by atoms with van der Waals surface area (Å²) in [6.07, 6.45) is 1.89. The van der Waals surface area contributed by atoms with Gasteiger partial charge in [-0.3, -0.25) is 4.79 Å². The average molecular weight is 332 g/mol. The molecule has 1 saturated heterocycles. The topological polar surface area (TPSA) is 72.5 Å². The normalized spacial score (nSPS) is 18.6. The molecule has 0 aromatic heterocycles. The molecule has 1 aliphatic heterocycles. The minimum atomic E-state index is -3.49. The van der Waals surface area contributed by atoms with E-state index in [2.05, 4.69) is 5.32 Å². The molecule has 0 spiro atoms. The lowest BCUT2D eigenvalue weighted by Crippen LogP contribution is -2.36. The highest BCUT2D eigenvalue weighted by Gasteiger charge is 2.20. The van der Waals surface area contributed by atoms with Crippen LogP contribution >= 0.6 is 11.6 Å². The van der Waals surface area contributed by atoms with Gasteiger partial charge in [-0.15, -0.1) is 0 Å². The van der Waals surface area contributed by atoms with Crippen molar-refractivity contribution in [1.82, 2.24) is 5.32 Å². The fraction of sp³-hybridized carbons (Fsp3) is 0.500. The van der Waals surface area contributed by atoms with E-state index in [0.717, 1.165) is 12.8 Å². The molecule has 1 N–H and O–H groups in total.